The smallest absolute Gasteiger partial charge is 0.253 e. The van der Waals surface area contributed by atoms with Gasteiger partial charge in [-0.05, 0) is 55.0 Å². The average molecular weight is 439 g/mol. The number of carbonyl (C=O) groups excluding carboxylic acids is 1. The van der Waals surface area contributed by atoms with E-state index in [1.807, 2.05) is 19.1 Å². The third-order valence-electron chi connectivity index (χ3n) is 4.93. The first-order valence-electron chi connectivity index (χ1n) is 9.57. The van der Waals surface area contributed by atoms with Crippen LogP contribution in [0.25, 0.3) is 22.2 Å². The Bertz CT molecular complexity index is 1290. The SMILES string of the molecule is Cc1cc(OCc2n[nH]c3cccnc23)c(-c2cc(C(=O)N(C)C)ccc2F)cc1Cl. The number of aromatic amines is 1. The first kappa shape index (κ1) is 20.8. The number of ether oxygens (including phenoxy) is 1. The van der Waals surface area contributed by atoms with E-state index in [-0.39, 0.29) is 18.1 Å². The highest BCUT2D eigenvalue weighted by atomic mass is 35.5. The number of aromatic nitrogens is 3. The van der Waals surface area contributed by atoms with Crippen molar-refractivity contribution in [2.24, 2.45) is 0 Å². The summed E-state index contributed by atoms with van der Waals surface area (Å²) in [7, 11) is 3.29. The Kier molecular flexibility index (Phi) is 5.61. The summed E-state index contributed by atoms with van der Waals surface area (Å²) in [5.74, 6) is -0.273. The highest BCUT2D eigenvalue weighted by molar-refractivity contribution is 6.31. The van der Waals surface area contributed by atoms with Gasteiger partial charge in [0.25, 0.3) is 5.91 Å². The molecule has 1 amide bonds. The van der Waals surface area contributed by atoms with E-state index < -0.39 is 5.82 Å². The number of benzene rings is 2. The predicted molar refractivity (Wildman–Crippen MR) is 118 cm³/mol. The minimum Gasteiger partial charge on any atom is -0.486 e. The van der Waals surface area contributed by atoms with Crippen LogP contribution in [-0.4, -0.2) is 40.1 Å². The summed E-state index contributed by atoms with van der Waals surface area (Å²) in [6, 6.07) is 11.3. The molecule has 0 bridgehead atoms. The molecule has 8 heteroatoms. The summed E-state index contributed by atoms with van der Waals surface area (Å²) >= 11 is 6.34. The molecule has 0 atom stereocenters. The normalized spacial score (nSPS) is 11.0. The zero-order chi connectivity index (χ0) is 22.1. The predicted octanol–water partition coefficient (Wildman–Crippen LogP) is 5.01. The zero-order valence-electron chi connectivity index (χ0n) is 17.2. The number of carbonyl (C=O) groups is 1. The molecule has 0 saturated carbocycles. The fourth-order valence-electron chi connectivity index (χ4n) is 3.26. The Morgan fingerprint density at radius 3 is 2.77 bits per heavy atom. The number of rotatable bonds is 5. The maximum Gasteiger partial charge on any atom is 0.253 e. The second kappa shape index (κ2) is 8.35. The van der Waals surface area contributed by atoms with E-state index in [2.05, 4.69) is 15.2 Å². The summed E-state index contributed by atoms with van der Waals surface area (Å²) in [6.45, 7) is 1.97. The lowest BCUT2D eigenvalue weighted by molar-refractivity contribution is 0.0827. The summed E-state index contributed by atoms with van der Waals surface area (Å²) in [5, 5.41) is 7.65. The molecule has 6 nitrogen and oxygen atoms in total. The van der Waals surface area contributed by atoms with Gasteiger partial charge in [0.15, 0.2) is 0 Å². The van der Waals surface area contributed by atoms with Crippen molar-refractivity contribution in [1.29, 1.82) is 0 Å². The Labute approximate surface area is 183 Å². The fourth-order valence-corrected chi connectivity index (χ4v) is 3.42. The lowest BCUT2D eigenvalue weighted by atomic mass is 9.99. The summed E-state index contributed by atoms with van der Waals surface area (Å²) < 4.78 is 20.8. The molecule has 4 rings (SSSR count). The molecule has 0 aliphatic rings. The molecule has 0 aliphatic heterocycles. The number of fused-ring (bicyclic) bond motifs is 1. The topological polar surface area (TPSA) is 71.1 Å². The van der Waals surface area contributed by atoms with E-state index in [4.69, 9.17) is 16.3 Å². The van der Waals surface area contributed by atoms with Crippen LogP contribution < -0.4 is 4.74 Å². The molecule has 0 spiro atoms. The number of aryl methyl sites for hydroxylation is 1. The van der Waals surface area contributed by atoms with E-state index in [1.165, 1.54) is 23.1 Å². The number of H-pyrrole nitrogens is 1. The van der Waals surface area contributed by atoms with Crippen LogP contribution in [0.5, 0.6) is 5.75 Å². The van der Waals surface area contributed by atoms with Gasteiger partial charge in [0.05, 0.1) is 5.52 Å². The van der Waals surface area contributed by atoms with Gasteiger partial charge in [0, 0.05) is 42.0 Å². The van der Waals surface area contributed by atoms with Crippen LogP contribution in [0, 0.1) is 12.7 Å². The first-order valence-corrected chi connectivity index (χ1v) is 9.95. The van der Waals surface area contributed by atoms with Gasteiger partial charge in [-0.1, -0.05) is 11.6 Å². The number of halogens is 2. The third kappa shape index (κ3) is 4.09. The van der Waals surface area contributed by atoms with Gasteiger partial charge in [-0.15, -0.1) is 0 Å². The van der Waals surface area contributed by atoms with Crippen LogP contribution in [0.1, 0.15) is 21.6 Å². The van der Waals surface area contributed by atoms with E-state index in [0.29, 0.717) is 33.1 Å². The quantitative estimate of drug-likeness (QED) is 0.475. The molecule has 0 aliphatic carbocycles. The van der Waals surface area contributed by atoms with Crippen LogP contribution >= 0.6 is 11.6 Å². The van der Waals surface area contributed by atoms with Crippen LogP contribution in [0.15, 0.2) is 48.7 Å². The number of nitrogens with zero attached hydrogens (tertiary/aromatic N) is 3. The molecule has 2 aromatic heterocycles. The van der Waals surface area contributed by atoms with Gasteiger partial charge in [0.1, 0.15) is 29.4 Å². The Morgan fingerprint density at radius 1 is 1.19 bits per heavy atom. The van der Waals surface area contributed by atoms with Crippen molar-refractivity contribution in [2.45, 2.75) is 13.5 Å². The molecule has 4 aromatic rings. The maximum absolute atomic E-state index is 14.8. The van der Waals surface area contributed by atoms with Crippen LogP contribution in [0.2, 0.25) is 5.02 Å². The van der Waals surface area contributed by atoms with Crippen LogP contribution in [0.3, 0.4) is 0 Å². The highest BCUT2D eigenvalue weighted by Crippen LogP contribution is 2.37. The summed E-state index contributed by atoms with van der Waals surface area (Å²) in [4.78, 5) is 18.1. The van der Waals surface area contributed by atoms with E-state index in [1.54, 1.807) is 32.4 Å². The van der Waals surface area contributed by atoms with Crippen molar-refractivity contribution in [3.8, 4) is 16.9 Å². The van der Waals surface area contributed by atoms with Gasteiger partial charge in [-0.2, -0.15) is 5.10 Å². The van der Waals surface area contributed by atoms with Gasteiger partial charge in [0.2, 0.25) is 0 Å². The Morgan fingerprint density at radius 2 is 2.00 bits per heavy atom. The average Bonchev–Trinajstić information content (AvgIpc) is 3.17. The molecule has 0 unspecified atom stereocenters. The molecule has 2 heterocycles. The largest absolute Gasteiger partial charge is 0.486 e. The van der Waals surface area contributed by atoms with Crippen molar-refractivity contribution in [2.75, 3.05) is 14.1 Å². The lowest BCUT2D eigenvalue weighted by Crippen LogP contribution is -2.21. The lowest BCUT2D eigenvalue weighted by Gasteiger charge is -2.16. The van der Waals surface area contributed by atoms with Crippen LogP contribution in [0.4, 0.5) is 4.39 Å². The van der Waals surface area contributed by atoms with Crippen molar-refractivity contribution < 1.29 is 13.9 Å². The van der Waals surface area contributed by atoms with Crippen molar-refractivity contribution in [1.82, 2.24) is 20.1 Å². The number of nitrogens with one attached hydrogen (secondary N) is 1. The van der Waals surface area contributed by atoms with Crippen LogP contribution in [-0.2, 0) is 6.61 Å². The Balaban J connectivity index is 1.75. The molecule has 158 valence electrons. The van der Waals surface area contributed by atoms with E-state index in [9.17, 15) is 9.18 Å². The monoisotopic (exact) mass is 438 g/mol. The fraction of sp³-hybridized carbons (Fsp3) is 0.174. The second-order valence-electron chi connectivity index (χ2n) is 7.35. The summed E-state index contributed by atoms with van der Waals surface area (Å²) in [6.07, 6.45) is 1.68. The standard InChI is InChI=1S/C23H20ClFN4O2/c1-13-9-21(31-12-20-22-19(27-28-20)5-4-8-26-22)16(11-17(13)24)15-10-14(6-7-18(15)25)23(30)29(2)3/h4-11H,12H2,1-3H3,(H,27,28). The first-order chi connectivity index (χ1) is 14.8. The summed E-state index contributed by atoms with van der Waals surface area (Å²) in [5.41, 5.74) is 3.97. The molecular weight excluding hydrogens is 419 g/mol. The highest BCUT2D eigenvalue weighted by Gasteiger charge is 2.18. The number of hydrogen-bond acceptors (Lipinski definition) is 4. The van der Waals surface area contributed by atoms with Gasteiger partial charge >= 0.3 is 0 Å². The second-order valence-corrected chi connectivity index (χ2v) is 7.76. The molecule has 0 saturated heterocycles. The number of amides is 1. The molecule has 0 fully saturated rings. The third-order valence-corrected chi connectivity index (χ3v) is 5.33. The van der Waals surface area contributed by atoms with Gasteiger partial charge in [-0.25, -0.2) is 4.39 Å². The van der Waals surface area contributed by atoms with Gasteiger partial charge < -0.3 is 9.64 Å². The molecular formula is C23H20ClFN4O2. The van der Waals surface area contributed by atoms with E-state index >= 15 is 0 Å². The molecule has 1 N–H and O–H groups in total. The minimum atomic E-state index is -0.480. The minimum absolute atomic E-state index is 0.128. The van der Waals surface area contributed by atoms with Crippen molar-refractivity contribution >= 4 is 28.5 Å². The molecule has 0 radical (unpaired) electrons. The van der Waals surface area contributed by atoms with Crippen molar-refractivity contribution in [3.63, 3.8) is 0 Å². The number of hydrogen-bond donors (Lipinski definition) is 1. The zero-order valence-corrected chi connectivity index (χ0v) is 18.0. The van der Waals surface area contributed by atoms with Crippen molar-refractivity contribution in [3.05, 3.63) is 76.3 Å². The maximum atomic E-state index is 14.8. The molecule has 31 heavy (non-hydrogen) atoms. The number of pyridine rings is 1. The Hall–Kier alpha value is -3.45. The van der Waals surface area contributed by atoms with Gasteiger partial charge in [-0.3, -0.25) is 14.9 Å². The molecule has 2 aromatic carbocycles. The van der Waals surface area contributed by atoms with E-state index in [0.717, 1.165) is 11.1 Å².